The standard InChI is InChI=1S/C18H32N4O2.HI/c1-16(2,3)13-10-20-14(24-13)11-21-15(19-7)22-12-9-18(6,23-8)17(12,4)5;/h10,12H,9,11H2,1-8H3,(H2,19,21,22);1H. The van der Waals surface area contributed by atoms with E-state index < -0.39 is 0 Å². The fourth-order valence-corrected chi connectivity index (χ4v) is 2.98. The van der Waals surface area contributed by atoms with Crippen LogP contribution in [0.15, 0.2) is 15.6 Å². The minimum absolute atomic E-state index is 0. The van der Waals surface area contributed by atoms with E-state index >= 15 is 0 Å². The molecule has 0 amide bonds. The van der Waals surface area contributed by atoms with Gasteiger partial charge in [-0.05, 0) is 13.3 Å². The highest BCUT2D eigenvalue weighted by molar-refractivity contribution is 14.0. The summed E-state index contributed by atoms with van der Waals surface area (Å²) in [6.07, 6.45) is 2.75. The van der Waals surface area contributed by atoms with Gasteiger partial charge in [0.2, 0.25) is 5.89 Å². The van der Waals surface area contributed by atoms with Gasteiger partial charge in [0.15, 0.2) is 5.96 Å². The lowest BCUT2D eigenvalue weighted by molar-refractivity contribution is -0.176. The quantitative estimate of drug-likeness (QED) is 0.406. The molecule has 144 valence electrons. The van der Waals surface area contributed by atoms with Gasteiger partial charge in [-0.1, -0.05) is 34.6 Å². The van der Waals surface area contributed by atoms with Gasteiger partial charge >= 0.3 is 0 Å². The second kappa shape index (κ2) is 7.82. The van der Waals surface area contributed by atoms with Gasteiger partial charge < -0.3 is 19.8 Å². The van der Waals surface area contributed by atoms with Crippen LogP contribution in [-0.4, -0.2) is 36.7 Å². The van der Waals surface area contributed by atoms with E-state index in [0.29, 0.717) is 18.5 Å². The molecule has 2 unspecified atom stereocenters. The SMILES string of the molecule is CN=C(NCc1ncc(C(C)(C)C)o1)NC1CC(C)(OC)C1(C)C.I. The molecule has 0 radical (unpaired) electrons. The number of methoxy groups -OCH3 is 1. The average Bonchev–Trinajstić information content (AvgIpc) is 2.99. The summed E-state index contributed by atoms with van der Waals surface area (Å²) in [7, 11) is 3.55. The maximum Gasteiger partial charge on any atom is 0.213 e. The van der Waals surface area contributed by atoms with Crippen LogP contribution in [0.5, 0.6) is 0 Å². The van der Waals surface area contributed by atoms with Crippen LogP contribution in [0.4, 0.5) is 0 Å². The summed E-state index contributed by atoms with van der Waals surface area (Å²) in [6.45, 7) is 13.4. The van der Waals surface area contributed by atoms with E-state index in [0.717, 1.165) is 18.1 Å². The Kier molecular flexibility index (Phi) is 6.94. The summed E-state index contributed by atoms with van der Waals surface area (Å²) in [5, 5.41) is 6.75. The minimum atomic E-state index is -0.103. The molecule has 0 saturated heterocycles. The van der Waals surface area contributed by atoms with Crippen LogP contribution in [0.3, 0.4) is 0 Å². The van der Waals surface area contributed by atoms with Crippen molar-refractivity contribution in [3.8, 4) is 0 Å². The summed E-state index contributed by atoms with van der Waals surface area (Å²) in [5.41, 5.74) is -0.110. The van der Waals surface area contributed by atoms with E-state index in [2.05, 4.69) is 62.2 Å². The highest BCUT2D eigenvalue weighted by Gasteiger charge is 2.58. The maximum absolute atomic E-state index is 5.80. The molecule has 0 aromatic carbocycles. The number of aromatic nitrogens is 1. The van der Waals surface area contributed by atoms with Gasteiger partial charge in [-0.15, -0.1) is 24.0 Å². The molecule has 1 aromatic heterocycles. The Balaban J connectivity index is 0.00000312. The first-order valence-electron chi connectivity index (χ1n) is 8.51. The molecular formula is C18H33IN4O2. The van der Waals surface area contributed by atoms with Crippen molar-refractivity contribution in [1.82, 2.24) is 15.6 Å². The smallest absolute Gasteiger partial charge is 0.213 e. The summed E-state index contributed by atoms with van der Waals surface area (Å²) < 4.78 is 11.5. The highest BCUT2D eigenvalue weighted by atomic mass is 127. The topological polar surface area (TPSA) is 71.7 Å². The normalized spacial score (nSPS) is 25.8. The first kappa shape index (κ1) is 22.2. The van der Waals surface area contributed by atoms with Gasteiger partial charge in [-0.2, -0.15) is 0 Å². The molecule has 1 aliphatic rings. The average molecular weight is 464 g/mol. The molecule has 25 heavy (non-hydrogen) atoms. The van der Waals surface area contributed by atoms with E-state index in [1.165, 1.54) is 0 Å². The van der Waals surface area contributed by atoms with E-state index in [9.17, 15) is 0 Å². The molecule has 1 fully saturated rings. The molecule has 2 N–H and O–H groups in total. The zero-order chi connectivity index (χ0) is 18.2. The number of oxazole rings is 1. The molecule has 7 heteroatoms. The van der Waals surface area contributed by atoms with Crippen LogP contribution in [0.2, 0.25) is 0 Å². The maximum atomic E-state index is 5.80. The van der Waals surface area contributed by atoms with Crippen LogP contribution < -0.4 is 10.6 Å². The molecule has 1 aromatic rings. The molecule has 2 atom stereocenters. The molecule has 0 bridgehead atoms. The second-order valence-corrected chi connectivity index (χ2v) is 8.35. The third-order valence-corrected chi connectivity index (χ3v) is 5.51. The lowest BCUT2D eigenvalue weighted by atomic mass is 9.56. The van der Waals surface area contributed by atoms with Crippen LogP contribution in [0.25, 0.3) is 0 Å². The second-order valence-electron chi connectivity index (χ2n) is 8.35. The van der Waals surface area contributed by atoms with Gasteiger partial charge in [-0.25, -0.2) is 4.98 Å². The Bertz CT molecular complexity index is 606. The molecule has 0 aliphatic heterocycles. The summed E-state index contributed by atoms with van der Waals surface area (Å²) >= 11 is 0. The molecule has 1 aliphatic carbocycles. The van der Waals surface area contributed by atoms with Gasteiger partial charge in [0, 0.05) is 31.0 Å². The monoisotopic (exact) mass is 464 g/mol. The van der Waals surface area contributed by atoms with Crippen molar-refractivity contribution in [3.05, 3.63) is 17.8 Å². The van der Waals surface area contributed by atoms with Crippen molar-refractivity contribution in [2.45, 2.75) is 71.6 Å². The van der Waals surface area contributed by atoms with Crippen LogP contribution in [0.1, 0.15) is 59.6 Å². The van der Waals surface area contributed by atoms with E-state index in [-0.39, 0.29) is 40.4 Å². The number of aliphatic imine (C=N–C) groups is 1. The zero-order valence-corrected chi connectivity index (χ0v) is 19.0. The van der Waals surface area contributed by atoms with Gasteiger partial charge in [0.05, 0.1) is 18.3 Å². The molecule has 0 spiro atoms. The predicted molar refractivity (Wildman–Crippen MR) is 112 cm³/mol. The Hall–Kier alpha value is -0.830. The summed E-state index contributed by atoms with van der Waals surface area (Å²) in [6, 6.07) is 0.309. The third kappa shape index (κ3) is 4.48. The predicted octanol–water partition coefficient (Wildman–Crippen LogP) is 3.46. The molecule has 6 nitrogen and oxygen atoms in total. The molecule has 2 rings (SSSR count). The van der Waals surface area contributed by atoms with Crippen LogP contribution >= 0.6 is 24.0 Å². The van der Waals surface area contributed by atoms with Crippen molar-refractivity contribution in [3.63, 3.8) is 0 Å². The fourth-order valence-electron chi connectivity index (χ4n) is 2.98. The van der Waals surface area contributed by atoms with Gasteiger partial charge in [-0.3, -0.25) is 4.99 Å². The van der Waals surface area contributed by atoms with Crippen molar-refractivity contribution in [2.24, 2.45) is 10.4 Å². The van der Waals surface area contributed by atoms with E-state index in [1.807, 2.05) is 0 Å². The van der Waals surface area contributed by atoms with Crippen molar-refractivity contribution in [1.29, 1.82) is 0 Å². The zero-order valence-electron chi connectivity index (χ0n) is 16.7. The summed E-state index contributed by atoms with van der Waals surface area (Å²) in [5.74, 6) is 2.30. The number of hydrogen-bond acceptors (Lipinski definition) is 4. The summed E-state index contributed by atoms with van der Waals surface area (Å²) in [4.78, 5) is 8.64. The Morgan fingerprint density at radius 1 is 1.40 bits per heavy atom. The third-order valence-electron chi connectivity index (χ3n) is 5.51. The molecule has 1 heterocycles. The number of rotatable bonds is 4. The Labute approximate surface area is 168 Å². The minimum Gasteiger partial charge on any atom is -0.443 e. The van der Waals surface area contributed by atoms with Crippen molar-refractivity contribution in [2.75, 3.05) is 14.2 Å². The largest absolute Gasteiger partial charge is 0.443 e. The number of nitrogens with zero attached hydrogens (tertiary/aromatic N) is 2. The number of nitrogens with one attached hydrogen (secondary N) is 2. The van der Waals surface area contributed by atoms with E-state index in [4.69, 9.17) is 9.15 Å². The number of guanidine groups is 1. The first-order valence-corrected chi connectivity index (χ1v) is 8.51. The lowest BCUT2D eigenvalue weighted by Crippen LogP contribution is -2.69. The Morgan fingerprint density at radius 3 is 2.48 bits per heavy atom. The highest BCUT2D eigenvalue weighted by Crippen LogP contribution is 2.51. The Morgan fingerprint density at radius 2 is 2.04 bits per heavy atom. The molecular weight excluding hydrogens is 431 g/mol. The van der Waals surface area contributed by atoms with Gasteiger partial charge in [0.25, 0.3) is 0 Å². The number of ether oxygens (including phenoxy) is 1. The van der Waals surface area contributed by atoms with E-state index in [1.54, 1.807) is 20.4 Å². The molecule has 1 saturated carbocycles. The lowest BCUT2D eigenvalue weighted by Gasteiger charge is -2.59. The number of halogens is 1. The van der Waals surface area contributed by atoms with Crippen LogP contribution in [-0.2, 0) is 16.7 Å². The van der Waals surface area contributed by atoms with Crippen molar-refractivity contribution >= 4 is 29.9 Å². The van der Waals surface area contributed by atoms with Crippen LogP contribution in [0, 0.1) is 5.41 Å². The van der Waals surface area contributed by atoms with Crippen molar-refractivity contribution < 1.29 is 9.15 Å². The fraction of sp³-hybridized carbons (Fsp3) is 0.778. The van der Waals surface area contributed by atoms with Gasteiger partial charge in [0.1, 0.15) is 5.76 Å². The first-order chi connectivity index (χ1) is 11.0. The number of hydrogen-bond donors (Lipinski definition) is 2.